The number of esters is 2. The topological polar surface area (TPSA) is 273 Å². The number of epoxide rings is 1. The second-order valence-electron chi connectivity index (χ2n) is 14.4. The largest absolute Gasteiger partial charge is 0.508 e. The molecule has 16 atom stereocenters. The van der Waals surface area contributed by atoms with E-state index in [2.05, 4.69) is 0 Å². The van der Waals surface area contributed by atoms with Gasteiger partial charge < -0.3 is 78.7 Å². The first kappa shape index (κ1) is 40.7. The molecule has 4 heterocycles. The summed E-state index contributed by atoms with van der Waals surface area (Å²) < 4.78 is 47.1. The number of ether oxygens (including phenoxy) is 8. The molecule has 0 spiro atoms. The highest BCUT2D eigenvalue weighted by molar-refractivity contribution is 5.88. The summed E-state index contributed by atoms with van der Waals surface area (Å²) in [5.74, 6) is -3.19. The summed E-state index contributed by atoms with van der Waals surface area (Å²) in [7, 11) is 0. The summed E-state index contributed by atoms with van der Waals surface area (Å²) in [6.07, 6.45) is -10.1. The fourth-order valence-corrected chi connectivity index (χ4v) is 7.70. The van der Waals surface area contributed by atoms with Crippen LogP contribution in [0.1, 0.15) is 18.1 Å². The van der Waals surface area contributed by atoms with Gasteiger partial charge in [-0.1, -0.05) is 24.3 Å². The number of phenolic OH excluding ortho intramolecular Hbond substituents is 2. The number of benzene rings is 2. The highest BCUT2D eigenvalue weighted by Gasteiger charge is 2.77. The van der Waals surface area contributed by atoms with Crippen molar-refractivity contribution in [2.45, 2.75) is 92.4 Å². The number of carbonyl (C=O) groups is 2. The van der Waals surface area contributed by atoms with Gasteiger partial charge in [-0.25, -0.2) is 9.59 Å². The van der Waals surface area contributed by atoms with Crippen molar-refractivity contribution in [3.8, 4) is 11.5 Å². The highest BCUT2D eigenvalue weighted by atomic mass is 16.8. The zero-order valence-corrected chi connectivity index (χ0v) is 30.3. The molecule has 57 heavy (non-hydrogen) atoms. The van der Waals surface area contributed by atoms with E-state index in [9.17, 15) is 50.4 Å². The second-order valence-corrected chi connectivity index (χ2v) is 14.4. The number of hydrogen-bond donors (Lipinski definition) is 8. The van der Waals surface area contributed by atoms with E-state index in [-0.39, 0.29) is 11.5 Å². The number of aromatic hydroxyl groups is 2. The van der Waals surface area contributed by atoms with Crippen molar-refractivity contribution in [3.05, 3.63) is 84.1 Å². The summed E-state index contributed by atoms with van der Waals surface area (Å²) in [5, 5.41) is 82.2. The average Bonchev–Trinajstić information content (AvgIpc) is 3.88. The van der Waals surface area contributed by atoms with Crippen LogP contribution in [0.25, 0.3) is 12.2 Å². The predicted octanol–water partition coefficient (Wildman–Crippen LogP) is -0.799. The van der Waals surface area contributed by atoms with Crippen molar-refractivity contribution in [3.63, 3.8) is 0 Å². The van der Waals surface area contributed by atoms with Gasteiger partial charge in [0.2, 0.25) is 6.29 Å². The van der Waals surface area contributed by atoms with Gasteiger partial charge in [0.15, 0.2) is 24.8 Å². The number of aliphatic hydroxyl groups is 6. The molecule has 4 aliphatic heterocycles. The van der Waals surface area contributed by atoms with E-state index >= 15 is 0 Å². The molecule has 3 saturated heterocycles. The van der Waals surface area contributed by atoms with Gasteiger partial charge in [-0.3, -0.25) is 0 Å². The van der Waals surface area contributed by atoms with Crippen LogP contribution in [0.15, 0.2) is 73.0 Å². The van der Waals surface area contributed by atoms with Gasteiger partial charge in [-0.2, -0.15) is 0 Å². The summed E-state index contributed by atoms with van der Waals surface area (Å²) in [6, 6.07) is 12.0. The Morgan fingerprint density at radius 1 is 0.719 bits per heavy atom. The molecule has 4 fully saturated rings. The molecule has 8 N–H and O–H groups in total. The number of rotatable bonds is 12. The van der Waals surface area contributed by atoms with Crippen molar-refractivity contribution in [2.24, 2.45) is 11.8 Å². The number of aliphatic hydroxyl groups excluding tert-OH is 6. The van der Waals surface area contributed by atoms with Crippen LogP contribution in [0.2, 0.25) is 0 Å². The van der Waals surface area contributed by atoms with Gasteiger partial charge in [0.1, 0.15) is 53.7 Å². The maximum absolute atomic E-state index is 13.2. The van der Waals surface area contributed by atoms with E-state index in [1.165, 1.54) is 49.6 Å². The summed E-state index contributed by atoms with van der Waals surface area (Å²) in [4.78, 5) is 26.1. The Bertz CT molecular complexity index is 1810. The first-order valence-corrected chi connectivity index (χ1v) is 18.2. The third kappa shape index (κ3) is 8.30. The summed E-state index contributed by atoms with van der Waals surface area (Å²) >= 11 is 0. The first-order chi connectivity index (χ1) is 27.3. The van der Waals surface area contributed by atoms with E-state index < -0.39 is 122 Å². The fourth-order valence-electron chi connectivity index (χ4n) is 7.70. The van der Waals surface area contributed by atoms with E-state index in [0.29, 0.717) is 11.1 Å². The minimum atomic E-state index is -1.74. The smallest absolute Gasteiger partial charge is 0.331 e. The van der Waals surface area contributed by atoms with Gasteiger partial charge >= 0.3 is 11.9 Å². The molecule has 1 saturated carbocycles. The minimum Gasteiger partial charge on any atom is -0.508 e. The SMILES string of the molecule is C[C@@H]1O[C@@H](O[C@H]2[C@@H]3C=CO[C@@H](O[C@@H]4O[C@H](CO)[C@@H](O)[C@H](O)[C@H]4O)[C@@H]3[C@@]3(CO)O[C@@H]23)[C@H](OC(=O)C=Cc2ccc(O)cc2)[C@H](O)[C@H]1OC(=O)C=Cc1ccc(O)cc1. The van der Waals surface area contributed by atoms with Crippen LogP contribution < -0.4 is 0 Å². The summed E-state index contributed by atoms with van der Waals surface area (Å²) in [6.45, 7) is 0.293. The van der Waals surface area contributed by atoms with Gasteiger partial charge in [-0.15, -0.1) is 0 Å². The molecule has 0 unspecified atom stereocenters. The average molecular weight is 801 g/mol. The number of phenols is 2. The number of hydrogen-bond acceptors (Lipinski definition) is 18. The lowest BCUT2D eigenvalue weighted by atomic mass is 9.85. The van der Waals surface area contributed by atoms with Crippen molar-refractivity contribution in [1.29, 1.82) is 0 Å². The Kier molecular flexibility index (Phi) is 12.0. The van der Waals surface area contributed by atoms with Crippen molar-refractivity contribution < 1.29 is 88.3 Å². The first-order valence-electron chi connectivity index (χ1n) is 18.2. The molecular weight excluding hydrogens is 756 g/mol. The molecule has 18 heteroatoms. The van der Waals surface area contributed by atoms with Gasteiger partial charge in [0, 0.05) is 18.1 Å². The Morgan fingerprint density at radius 2 is 1.32 bits per heavy atom. The molecule has 18 nitrogen and oxygen atoms in total. The van der Waals surface area contributed by atoms with Gasteiger partial charge in [0.25, 0.3) is 0 Å². The maximum Gasteiger partial charge on any atom is 0.331 e. The van der Waals surface area contributed by atoms with Gasteiger partial charge in [0.05, 0.1) is 37.6 Å². The molecular formula is C39H44O18. The van der Waals surface area contributed by atoms with E-state index in [1.807, 2.05) is 0 Å². The summed E-state index contributed by atoms with van der Waals surface area (Å²) in [5.41, 5.74) is -0.175. The van der Waals surface area contributed by atoms with E-state index in [0.717, 1.165) is 12.2 Å². The maximum atomic E-state index is 13.2. The van der Waals surface area contributed by atoms with Gasteiger partial charge in [-0.05, 0) is 60.5 Å². The molecule has 0 bridgehead atoms. The van der Waals surface area contributed by atoms with E-state index in [1.54, 1.807) is 30.3 Å². The van der Waals surface area contributed by atoms with Crippen LogP contribution >= 0.6 is 0 Å². The lowest BCUT2D eigenvalue weighted by Gasteiger charge is -2.44. The van der Waals surface area contributed by atoms with Crippen molar-refractivity contribution in [1.82, 2.24) is 0 Å². The molecule has 0 radical (unpaired) electrons. The molecule has 0 amide bonds. The molecule has 308 valence electrons. The molecule has 0 aromatic heterocycles. The lowest BCUT2D eigenvalue weighted by Crippen LogP contribution is -2.61. The normalized spacial score (nSPS) is 39.7. The predicted molar refractivity (Wildman–Crippen MR) is 190 cm³/mol. The highest BCUT2D eigenvalue weighted by Crippen LogP contribution is 2.61. The minimum absolute atomic E-state index is 0.0231. The standard InChI is InChI=1S/C39H44O18/c1-18-32(53-25(44)12-6-19-2-8-21(42)9-3-19)31(49)34(54-26(45)13-7-20-4-10-22(43)11-5-20)38(51-18)55-33-23-14-15-50-36(27(23)39(17-41)35(33)57-39)56-37-30(48)29(47)28(46)24(16-40)52-37/h2-15,18,23-24,27-38,40-43,46-49H,16-17H2,1H3/t18-,23+,24+,27+,28+,29-,30+,31+,32-,33-,34+,35-,36-,37-,38-,39+/m0/s1. The monoisotopic (exact) mass is 800 g/mol. The van der Waals surface area contributed by atoms with Crippen LogP contribution in [0.4, 0.5) is 0 Å². The molecule has 1 aliphatic carbocycles. The van der Waals surface area contributed by atoms with Crippen LogP contribution in [0, 0.1) is 11.8 Å². The van der Waals surface area contributed by atoms with Crippen LogP contribution in [-0.4, -0.2) is 152 Å². The van der Waals surface area contributed by atoms with Crippen LogP contribution in [-0.2, 0) is 47.5 Å². The lowest BCUT2D eigenvalue weighted by molar-refractivity contribution is -0.347. The Morgan fingerprint density at radius 3 is 1.89 bits per heavy atom. The second kappa shape index (κ2) is 16.8. The third-order valence-electron chi connectivity index (χ3n) is 10.8. The van der Waals surface area contributed by atoms with E-state index in [4.69, 9.17) is 37.9 Å². The Labute approximate surface area is 325 Å². The van der Waals surface area contributed by atoms with Crippen molar-refractivity contribution >= 4 is 24.1 Å². The molecule has 7 rings (SSSR count). The molecule has 2 aromatic rings. The quantitative estimate of drug-likeness (QED) is 0.0742. The number of fused-ring (bicyclic) bond motifs is 3. The Balaban J connectivity index is 1.10. The van der Waals surface area contributed by atoms with Crippen LogP contribution in [0.5, 0.6) is 11.5 Å². The third-order valence-corrected chi connectivity index (χ3v) is 10.8. The molecule has 5 aliphatic rings. The Hall–Kier alpha value is -4.44. The van der Waals surface area contributed by atoms with Crippen LogP contribution in [0.3, 0.4) is 0 Å². The van der Waals surface area contributed by atoms with Crippen molar-refractivity contribution in [2.75, 3.05) is 13.2 Å². The fraction of sp³-hybridized carbons (Fsp3) is 0.487. The number of carbonyl (C=O) groups excluding carboxylic acids is 2. The molecule has 2 aromatic carbocycles. The zero-order valence-electron chi connectivity index (χ0n) is 30.3. The zero-order chi connectivity index (χ0) is 40.6.